The average molecular weight is 411 g/mol. The summed E-state index contributed by atoms with van der Waals surface area (Å²) in [5, 5.41) is 6.44. The third kappa shape index (κ3) is 6.75. The molecule has 8 heteroatoms. The van der Waals surface area contributed by atoms with E-state index in [1.165, 1.54) is 0 Å². The van der Waals surface area contributed by atoms with Gasteiger partial charge in [0.15, 0.2) is 13.1 Å². The number of quaternary nitrogens is 1. The molecule has 0 bridgehead atoms. The van der Waals surface area contributed by atoms with Crippen molar-refractivity contribution < 1.29 is 19.2 Å². The molecular weight excluding hydrogens is 389 g/mol. The number of halogens is 2. The molecule has 2 aromatic carbocycles. The minimum Gasteiger partial charge on any atom is -0.495 e. The molecule has 27 heavy (non-hydrogen) atoms. The van der Waals surface area contributed by atoms with E-state index in [2.05, 4.69) is 10.6 Å². The quantitative estimate of drug-likeness (QED) is 0.625. The lowest BCUT2D eigenvalue weighted by Crippen LogP contribution is -3.13. The third-order valence-corrected chi connectivity index (χ3v) is 4.28. The fourth-order valence-corrected chi connectivity index (χ4v) is 3.07. The molecule has 0 aliphatic rings. The van der Waals surface area contributed by atoms with Crippen molar-refractivity contribution in [1.29, 1.82) is 0 Å². The summed E-state index contributed by atoms with van der Waals surface area (Å²) < 4.78 is 5.22. The van der Waals surface area contributed by atoms with Gasteiger partial charge in [0.2, 0.25) is 0 Å². The number of rotatable bonds is 8. The maximum absolute atomic E-state index is 12.3. The largest absolute Gasteiger partial charge is 0.495 e. The maximum Gasteiger partial charge on any atom is 0.279 e. The average Bonchev–Trinajstić information content (AvgIpc) is 2.60. The zero-order valence-corrected chi connectivity index (χ0v) is 16.7. The molecule has 2 rings (SSSR count). The molecule has 0 aliphatic carbocycles. The van der Waals surface area contributed by atoms with Crippen LogP contribution in [0.2, 0.25) is 10.0 Å². The Morgan fingerprint density at radius 2 is 1.59 bits per heavy atom. The highest BCUT2D eigenvalue weighted by atomic mass is 35.5. The molecule has 0 saturated heterocycles. The molecule has 2 aromatic rings. The van der Waals surface area contributed by atoms with Gasteiger partial charge in [-0.3, -0.25) is 9.59 Å². The lowest BCUT2D eigenvalue weighted by Gasteiger charge is -2.17. The van der Waals surface area contributed by atoms with Crippen molar-refractivity contribution in [3.05, 3.63) is 52.5 Å². The molecule has 0 radical (unpaired) electrons. The minimum atomic E-state index is -0.227. The van der Waals surface area contributed by atoms with Crippen LogP contribution in [-0.2, 0) is 9.59 Å². The van der Waals surface area contributed by atoms with Gasteiger partial charge in [-0.25, -0.2) is 0 Å². The van der Waals surface area contributed by atoms with Gasteiger partial charge < -0.3 is 20.3 Å². The highest BCUT2D eigenvalue weighted by Crippen LogP contribution is 2.23. The van der Waals surface area contributed by atoms with E-state index in [1.807, 2.05) is 19.1 Å². The molecule has 0 saturated carbocycles. The molecule has 0 aromatic heterocycles. The van der Waals surface area contributed by atoms with Crippen LogP contribution in [0.5, 0.6) is 5.75 Å². The highest BCUT2D eigenvalue weighted by molar-refractivity contribution is 6.35. The first-order valence-corrected chi connectivity index (χ1v) is 9.19. The van der Waals surface area contributed by atoms with E-state index in [4.69, 9.17) is 27.9 Å². The summed E-state index contributed by atoms with van der Waals surface area (Å²) in [5.74, 6) is 0.157. The monoisotopic (exact) mass is 410 g/mol. The van der Waals surface area contributed by atoms with E-state index in [0.717, 1.165) is 4.90 Å². The first-order chi connectivity index (χ1) is 12.9. The smallest absolute Gasteiger partial charge is 0.279 e. The second-order valence-corrected chi connectivity index (χ2v) is 6.78. The lowest BCUT2D eigenvalue weighted by molar-refractivity contribution is -0.881. The number of hydrogen-bond donors (Lipinski definition) is 3. The standard InChI is InChI=1S/C19H21Cl2N3O3/c1-3-24(11-18(25)22-15-9-13(20)8-14(21)10-15)12-19(26)23-16-6-4-5-7-17(16)27-2/h4-10H,3,11-12H2,1-2H3,(H,22,25)(H,23,26)/p+1. The van der Waals surface area contributed by atoms with E-state index < -0.39 is 0 Å². The Morgan fingerprint density at radius 1 is 1.00 bits per heavy atom. The number of benzene rings is 2. The number of carbonyl (C=O) groups excluding carboxylic acids is 2. The normalized spacial score (nSPS) is 11.6. The van der Waals surface area contributed by atoms with Crippen molar-refractivity contribution in [3.63, 3.8) is 0 Å². The third-order valence-electron chi connectivity index (χ3n) is 3.85. The zero-order chi connectivity index (χ0) is 19.8. The second-order valence-electron chi connectivity index (χ2n) is 5.91. The van der Waals surface area contributed by atoms with Crippen LogP contribution in [0.3, 0.4) is 0 Å². The molecule has 0 spiro atoms. The summed E-state index contributed by atoms with van der Waals surface area (Å²) in [7, 11) is 1.54. The number of methoxy groups -OCH3 is 1. The van der Waals surface area contributed by atoms with Crippen LogP contribution in [0, 0.1) is 0 Å². The summed E-state index contributed by atoms with van der Waals surface area (Å²) in [6, 6.07) is 12.0. The van der Waals surface area contributed by atoms with Crippen molar-refractivity contribution >= 4 is 46.4 Å². The van der Waals surface area contributed by atoms with Crippen molar-refractivity contribution in [1.82, 2.24) is 0 Å². The number of hydrogen-bond acceptors (Lipinski definition) is 3. The fourth-order valence-electron chi connectivity index (χ4n) is 2.54. The molecular formula is C19H22Cl2N3O3+. The highest BCUT2D eigenvalue weighted by Gasteiger charge is 2.18. The SMILES string of the molecule is CC[NH+](CC(=O)Nc1cc(Cl)cc(Cl)c1)CC(=O)Nc1ccccc1OC. The number of ether oxygens (including phenoxy) is 1. The van der Waals surface area contributed by atoms with Crippen molar-refractivity contribution in [3.8, 4) is 5.75 Å². The number of likely N-dealkylation sites (N-methyl/N-ethyl adjacent to an activating group) is 1. The number of para-hydroxylation sites is 2. The molecule has 3 N–H and O–H groups in total. The fraction of sp³-hybridized carbons (Fsp3) is 0.263. The molecule has 0 aliphatic heterocycles. The zero-order valence-electron chi connectivity index (χ0n) is 15.1. The Hall–Kier alpha value is -2.28. The molecule has 2 amide bonds. The molecule has 6 nitrogen and oxygen atoms in total. The van der Waals surface area contributed by atoms with E-state index in [9.17, 15) is 9.59 Å². The van der Waals surface area contributed by atoms with Gasteiger partial charge in [0, 0.05) is 15.7 Å². The predicted octanol–water partition coefficient (Wildman–Crippen LogP) is 2.48. The number of amides is 2. The van der Waals surface area contributed by atoms with Crippen LogP contribution < -0.4 is 20.3 Å². The summed E-state index contributed by atoms with van der Waals surface area (Å²) in [6.07, 6.45) is 0. The Kier molecular flexibility index (Phi) is 7.91. The van der Waals surface area contributed by atoms with E-state index >= 15 is 0 Å². The van der Waals surface area contributed by atoms with Gasteiger partial charge >= 0.3 is 0 Å². The first-order valence-electron chi connectivity index (χ1n) is 8.43. The molecule has 1 unspecified atom stereocenters. The number of nitrogens with one attached hydrogen (secondary N) is 3. The Labute approximate surface area is 168 Å². The summed E-state index contributed by atoms with van der Waals surface area (Å²) in [6.45, 7) is 2.82. The Bertz CT molecular complexity index is 794. The van der Waals surface area contributed by atoms with Gasteiger partial charge in [-0.15, -0.1) is 0 Å². The topological polar surface area (TPSA) is 71.9 Å². The Balaban J connectivity index is 1.92. The first kappa shape index (κ1) is 21.0. The van der Waals surface area contributed by atoms with E-state index in [1.54, 1.807) is 37.4 Å². The van der Waals surface area contributed by atoms with Crippen LogP contribution in [0.4, 0.5) is 11.4 Å². The van der Waals surface area contributed by atoms with Crippen LogP contribution in [0.25, 0.3) is 0 Å². The van der Waals surface area contributed by atoms with Crippen molar-refractivity contribution in [2.24, 2.45) is 0 Å². The van der Waals surface area contributed by atoms with Gasteiger partial charge in [-0.05, 0) is 37.3 Å². The van der Waals surface area contributed by atoms with Gasteiger partial charge in [0.1, 0.15) is 5.75 Å². The van der Waals surface area contributed by atoms with E-state index in [0.29, 0.717) is 33.7 Å². The van der Waals surface area contributed by atoms with Gasteiger partial charge in [0.25, 0.3) is 11.8 Å². The number of carbonyl (C=O) groups is 2. The van der Waals surface area contributed by atoms with Crippen molar-refractivity contribution in [2.75, 3.05) is 37.4 Å². The lowest BCUT2D eigenvalue weighted by atomic mass is 10.3. The van der Waals surface area contributed by atoms with Crippen LogP contribution >= 0.6 is 23.2 Å². The summed E-state index contributed by atoms with van der Waals surface area (Å²) in [5.41, 5.74) is 1.12. The summed E-state index contributed by atoms with van der Waals surface area (Å²) >= 11 is 11.9. The molecule has 0 fully saturated rings. The maximum atomic E-state index is 12.3. The molecule has 0 heterocycles. The molecule has 1 atom stereocenters. The molecule has 144 valence electrons. The minimum absolute atomic E-state index is 0.139. The van der Waals surface area contributed by atoms with Crippen LogP contribution in [-0.4, -0.2) is 38.6 Å². The number of anilines is 2. The van der Waals surface area contributed by atoms with Gasteiger partial charge in [-0.1, -0.05) is 35.3 Å². The van der Waals surface area contributed by atoms with Crippen LogP contribution in [0.1, 0.15) is 6.92 Å². The van der Waals surface area contributed by atoms with Gasteiger partial charge in [0.05, 0.1) is 19.3 Å². The van der Waals surface area contributed by atoms with E-state index in [-0.39, 0.29) is 24.9 Å². The second kappa shape index (κ2) is 10.2. The van der Waals surface area contributed by atoms with Crippen LogP contribution in [0.15, 0.2) is 42.5 Å². The predicted molar refractivity (Wildman–Crippen MR) is 108 cm³/mol. The van der Waals surface area contributed by atoms with Gasteiger partial charge in [-0.2, -0.15) is 0 Å². The van der Waals surface area contributed by atoms with Crippen molar-refractivity contribution in [2.45, 2.75) is 6.92 Å². The summed E-state index contributed by atoms with van der Waals surface area (Å²) in [4.78, 5) is 25.4. The Morgan fingerprint density at radius 3 is 2.19 bits per heavy atom.